The van der Waals surface area contributed by atoms with Crippen molar-refractivity contribution in [2.24, 2.45) is 0 Å². The van der Waals surface area contributed by atoms with E-state index in [1.54, 1.807) is 35.3 Å². The minimum absolute atomic E-state index is 0.507. The van der Waals surface area contributed by atoms with Crippen LogP contribution in [0, 0.1) is 0 Å². The minimum atomic E-state index is 0.507. The SMILES string of the molecule is Nc1cn(-c2ccc(Cl)cc2Cl)nc1-c1ccccn1. The van der Waals surface area contributed by atoms with Gasteiger partial charge in [-0.25, -0.2) is 4.68 Å². The zero-order valence-electron chi connectivity index (χ0n) is 10.3. The maximum Gasteiger partial charge on any atom is 0.134 e. The van der Waals surface area contributed by atoms with Gasteiger partial charge in [0, 0.05) is 11.2 Å². The van der Waals surface area contributed by atoms with Gasteiger partial charge in [0.25, 0.3) is 0 Å². The van der Waals surface area contributed by atoms with Crippen LogP contribution in [0.2, 0.25) is 10.0 Å². The van der Waals surface area contributed by atoms with Crippen LogP contribution >= 0.6 is 23.2 Å². The molecule has 3 aromatic rings. The zero-order chi connectivity index (χ0) is 14.1. The van der Waals surface area contributed by atoms with Crippen LogP contribution in [0.25, 0.3) is 17.1 Å². The fraction of sp³-hybridized carbons (Fsp3) is 0. The van der Waals surface area contributed by atoms with E-state index >= 15 is 0 Å². The molecule has 20 heavy (non-hydrogen) atoms. The molecule has 0 fully saturated rings. The second-order valence-electron chi connectivity index (χ2n) is 4.19. The Morgan fingerprint density at radius 1 is 1.10 bits per heavy atom. The number of anilines is 1. The van der Waals surface area contributed by atoms with Gasteiger partial charge in [0.15, 0.2) is 0 Å². The molecule has 1 aromatic carbocycles. The van der Waals surface area contributed by atoms with Gasteiger partial charge in [-0.15, -0.1) is 0 Å². The number of halogens is 2. The van der Waals surface area contributed by atoms with E-state index in [0.717, 1.165) is 0 Å². The summed E-state index contributed by atoms with van der Waals surface area (Å²) < 4.78 is 1.62. The molecule has 0 spiro atoms. The van der Waals surface area contributed by atoms with Gasteiger partial charge in [-0.2, -0.15) is 5.10 Å². The number of nitrogens with two attached hydrogens (primary N) is 1. The molecule has 3 rings (SSSR count). The Morgan fingerprint density at radius 2 is 1.95 bits per heavy atom. The lowest BCUT2D eigenvalue weighted by Gasteiger charge is -2.04. The third kappa shape index (κ3) is 2.35. The summed E-state index contributed by atoms with van der Waals surface area (Å²) in [6.45, 7) is 0. The van der Waals surface area contributed by atoms with E-state index in [-0.39, 0.29) is 0 Å². The number of pyridine rings is 1. The molecule has 0 radical (unpaired) electrons. The second kappa shape index (κ2) is 5.15. The molecule has 0 aliphatic rings. The molecule has 4 nitrogen and oxygen atoms in total. The lowest BCUT2D eigenvalue weighted by Crippen LogP contribution is -1.96. The summed E-state index contributed by atoms with van der Waals surface area (Å²) >= 11 is 12.1. The predicted molar refractivity (Wildman–Crippen MR) is 81.2 cm³/mol. The fourth-order valence-electron chi connectivity index (χ4n) is 1.88. The molecule has 0 saturated carbocycles. The van der Waals surface area contributed by atoms with Crippen molar-refractivity contribution in [2.75, 3.05) is 5.73 Å². The maximum atomic E-state index is 6.17. The lowest BCUT2D eigenvalue weighted by molar-refractivity contribution is 0.883. The normalized spacial score (nSPS) is 10.7. The molecule has 0 atom stereocenters. The standard InChI is InChI=1S/C14H10Cl2N4/c15-9-4-5-13(10(16)7-9)20-8-11(17)14(19-20)12-3-1-2-6-18-12/h1-8H,17H2. The van der Waals surface area contributed by atoms with Crippen LogP contribution in [0.3, 0.4) is 0 Å². The largest absolute Gasteiger partial charge is 0.396 e. The molecule has 0 aliphatic carbocycles. The van der Waals surface area contributed by atoms with E-state index in [0.29, 0.717) is 32.8 Å². The van der Waals surface area contributed by atoms with Crippen molar-refractivity contribution < 1.29 is 0 Å². The summed E-state index contributed by atoms with van der Waals surface area (Å²) in [5.74, 6) is 0. The molecule has 100 valence electrons. The summed E-state index contributed by atoms with van der Waals surface area (Å²) in [5, 5.41) is 5.52. The third-order valence-electron chi connectivity index (χ3n) is 2.81. The summed E-state index contributed by atoms with van der Waals surface area (Å²) in [7, 11) is 0. The molecule has 0 amide bonds. The van der Waals surface area contributed by atoms with Gasteiger partial charge in [0.05, 0.1) is 28.3 Å². The van der Waals surface area contributed by atoms with Crippen molar-refractivity contribution in [3.05, 3.63) is 58.8 Å². The molecule has 2 N–H and O–H groups in total. The lowest BCUT2D eigenvalue weighted by atomic mass is 10.2. The molecule has 0 saturated heterocycles. The van der Waals surface area contributed by atoms with Crippen LogP contribution in [-0.4, -0.2) is 14.8 Å². The molecular weight excluding hydrogens is 295 g/mol. The number of benzene rings is 1. The average molecular weight is 305 g/mol. The Bertz CT molecular complexity index is 753. The number of rotatable bonds is 2. The Balaban J connectivity index is 2.09. The van der Waals surface area contributed by atoms with E-state index < -0.39 is 0 Å². The van der Waals surface area contributed by atoms with Crippen molar-refractivity contribution in [1.82, 2.24) is 14.8 Å². The highest BCUT2D eigenvalue weighted by Gasteiger charge is 2.12. The first-order valence-electron chi connectivity index (χ1n) is 5.87. The van der Waals surface area contributed by atoms with Crippen LogP contribution in [0.15, 0.2) is 48.8 Å². The molecule has 0 bridgehead atoms. The monoisotopic (exact) mass is 304 g/mol. The number of hydrogen-bond acceptors (Lipinski definition) is 3. The van der Waals surface area contributed by atoms with Gasteiger partial charge in [0.1, 0.15) is 5.69 Å². The van der Waals surface area contributed by atoms with Gasteiger partial charge in [-0.3, -0.25) is 4.98 Å². The minimum Gasteiger partial charge on any atom is -0.396 e. The Morgan fingerprint density at radius 3 is 2.65 bits per heavy atom. The summed E-state index contributed by atoms with van der Waals surface area (Å²) in [6, 6.07) is 10.8. The predicted octanol–water partition coefficient (Wildman–Crippen LogP) is 3.82. The molecule has 2 heterocycles. The Labute approximate surface area is 125 Å². The van der Waals surface area contributed by atoms with Gasteiger partial charge in [-0.1, -0.05) is 29.3 Å². The maximum absolute atomic E-state index is 6.17. The highest BCUT2D eigenvalue weighted by Crippen LogP contribution is 2.28. The van der Waals surface area contributed by atoms with E-state index in [2.05, 4.69) is 10.1 Å². The Kier molecular flexibility index (Phi) is 3.34. The fourth-order valence-corrected chi connectivity index (χ4v) is 2.37. The first kappa shape index (κ1) is 13.0. The molecule has 6 heteroatoms. The number of nitrogens with zero attached hydrogens (tertiary/aromatic N) is 3. The van der Waals surface area contributed by atoms with Gasteiger partial charge >= 0.3 is 0 Å². The third-order valence-corrected chi connectivity index (χ3v) is 3.34. The van der Waals surface area contributed by atoms with Gasteiger partial charge < -0.3 is 5.73 Å². The average Bonchev–Trinajstić information content (AvgIpc) is 2.81. The molecular formula is C14H10Cl2N4. The van der Waals surface area contributed by atoms with Gasteiger partial charge in [-0.05, 0) is 30.3 Å². The smallest absolute Gasteiger partial charge is 0.134 e. The van der Waals surface area contributed by atoms with Crippen molar-refractivity contribution in [1.29, 1.82) is 0 Å². The van der Waals surface area contributed by atoms with E-state index in [1.807, 2.05) is 18.2 Å². The van der Waals surface area contributed by atoms with E-state index in [1.165, 1.54) is 0 Å². The molecule has 0 unspecified atom stereocenters. The molecule has 2 aromatic heterocycles. The zero-order valence-corrected chi connectivity index (χ0v) is 11.8. The highest BCUT2D eigenvalue weighted by molar-refractivity contribution is 6.35. The van der Waals surface area contributed by atoms with E-state index in [4.69, 9.17) is 28.9 Å². The highest BCUT2D eigenvalue weighted by atomic mass is 35.5. The number of nitrogen functional groups attached to an aromatic ring is 1. The van der Waals surface area contributed by atoms with Crippen LogP contribution in [0.5, 0.6) is 0 Å². The van der Waals surface area contributed by atoms with Crippen molar-refractivity contribution in [2.45, 2.75) is 0 Å². The number of aromatic nitrogens is 3. The summed E-state index contributed by atoms with van der Waals surface area (Å²) in [4.78, 5) is 4.24. The van der Waals surface area contributed by atoms with Crippen LogP contribution in [0.1, 0.15) is 0 Å². The van der Waals surface area contributed by atoms with Crippen LogP contribution < -0.4 is 5.73 Å². The summed E-state index contributed by atoms with van der Waals surface area (Å²) in [6.07, 6.45) is 3.40. The van der Waals surface area contributed by atoms with E-state index in [9.17, 15) is 0 Å². The first-order chi connectivity index (χ1) is 9.65. The summed E-state index contributed by atoms with van der Waals surface area (Å²) in [5.41, 5.74) is 8.59. The topological polar surface area (TPSA) is 56.7 Å². The second-order valence-corrected chi connectivity index (χ2v) is 5.03. The van der Waals surface area contributed by atoms with Crippen molar-refractivity contribution in [3.8, 4) is 17.1 Å². The van der Waals surface area contributed by atoms with Crippen LogP contribution in [0.4, 0.5) is 5.69 Å². The quantitative estimate of drug-likeness (QED) is 0.783. The molecule has 0 aliphatic heterocycles. The van der Waals surface area contributed by atoms with Crippen LogP contribution in [-0.2, 0) is 0 Å². The van der Waals surface area contributed by atoms with Gasteiger partial charge in [0.2, 0.25) is 0 Å². The Hall–Kier alpha value is -2.04. The first-order valence-corrected chi connectivity index (χ1v) is 6.63. The van der Waals surface area contributed by atoms with Crippen molar-refractivity contribution >= 4 is 28.9 Å². The van der Waals surface area contributed by atoms with Crippen molar-refractivity contribution in [3.63, 3.8) is 0 Å². The number of hydrogen-bond donors (Lipinski definition) is 1.